The van der Waals surface area contributed by atoms with Gasteiger partial charge in [0.1, 0.15) is 18.1 Å². The summed E-state index contributed by atoms with van der Waals surface area (Å²) in [5.74, 6) is 0.510. The van der Waals surface area contributed by atoms with Crippen LogP contribution >= 0.6 is 0 Å². The summed E-state index contributed by atoms with van der Waals surface area (Å²) < 4.78 is 15.2. The van der Waals surface area contributed by atoms with Crippen LogP contribution < -0.4 is 20.1 Å². The van der Waals surface area contributed by atoms with E-state index in [4.69, 9.17) is 14.2 Å². The largest absolute Gasteiger partial charge is 0.497 e. The van der Waals surface area contributed by atoms with E-state index in [1.54, 1.807) is 51.5 Å². The van der Waals surface area contributed by atoms with Crippen LogP contribution in [0.5, 0.6) is 11.5 Å². The zero-order chi connectivity index (χ0) is 22.4. The summed E-state index contributed by atoms with van der Waals surface area (Å²) in [4.78, 5) is 34.5. The Bertz CT molecular complexity index is 786. The first-order valence-electron chi connectivity index (χ1n) is 9.63. The summed E-state index contributed by atoms with van der Waals surface area (Å²) in [7, 11) is 3.14. The minimum Gasteiger partial charge on any atom is -0.497 e. The van der Waals surface area contributed by atoms with Crippen LogP contribution in [0, 0.1) is 0 Å². The Kier molecular flexibility index (Phi) is 11.4. The fourth-order valence-corrected chi connectivity index (χ4v) is 2.37. The summed E-state index contributed by atoms with van der Waals surface area (Å²) in [6.45, 7) is 4.03. The number of benzene rings is 1. The molecule has 0 saturated heterocycles. The van der Waals surface area contributed by atoms with Crippen molar-refractivity contribution in [1.29, 1.82) is 0 Å². The lowest BCUT2D eigenvalue weighted by molar-refractivity contribution is -0.139. The lowest BCUT2D eigenvalue weighted by Gasteiger charge is -2.07. The molecule has 1 rings (SSSR count). The Labute approximate surface area is 177 Å². The monoisotopic (exact) mass is 418 g/mol. The van der Waals surface area contributed by atoms with E-state index in [1.807, 2.05) is 0 Å². The number of ether oxygens (including phenoxy) is 3. The Balaban J connectivity index is 2.28. The van der Waals surface area contributed by atoms with Crippen molar-refractivity contribution >= 4 is 23.9 Å². The number of hydrogen-bond acceptors (Lipinski definition) is 6. The summed E-state index contributed by atoms with van der Waals surface area (Å²) in [6.07, 6.45) is 6.11. The third kappa shape index (κ3) is 9.77. The molecule has 2 amide bonds. The normalized spacial score (nSPS) is 11.1. The molecule has 30 heavy (non-hydrogen) atoms. The van der Waals surface area contributed by atoms with Gasteiger partial charge in [-0.2, -0.15) is 0 Å². The molecule has 0 fully saturated rings. The van der Waals surface area contributed by atoms with Crippen LogP contribution in [0.25, 0.3) is 6.08 Å². The zero-order valence-electron chi connectivity index (χ0n) is 17.9. The molecule has 0 saturated carbocycles. The molecule has 0 bridgehead atoms. The molecule has 0 spiro atoms. The SMILES string of the molecule is COc1ccc(OC)c(/C=C/C(=O)NCCCCNC(=O)/C(C)=C/COC(C)=O)c1. The number of nitrogens with one attached hydrogen (secondary N) is 2. The van der Waals surface area contributed by atoms with Crippen molar-refractivity contribution < 1.29 is 28.6 Å². The summed E-state index contributed by atoms with van der Waals surface area (Å²) in [5.41, 5.74) is 1.23. The summed E-state index contributed by atoms with van der Waals surface area (Å²) in [5, 5.41) is 5.58. The van der Waals surface area contributed by atoms with Crippen LogP contribution in [0.2, 0.25) is 0 Å². The van der Waals surface area contributed by atoms with E-state index in [2.05, 4.69) is 10.6 Å². The average molecular weight is 418 g/mol. The molecule has 0 heterocycles. The lowest BCUT2D eigenvalue weighted by atomic mass is 10.1. The molecule has 0 aliphatic carbocycles. The molecule has 0 aromatic heterocycles. The highest BCUT2D eigenvalue weighted by Gasteiger charge is 2.04. The number of carbonyl (C=O) groups is 3. The van der Waals surface area contributed by atoms with Gasteiger partial charge in [0.25, 0.3) is 0 Å². The molecule has 2 N–H and O–H groups in total. The number of unbranched alkanes of at least 4 members (excludes halogenated alkanes) is 1. The second kappa shape index (κ2) is 13.8. The van der Waals surface area contributed by atoms with E-state index in [0.29, 0.717) is 30.2 Å². The van der Waals surface area contributed by atoms with Crippen molar-refractivity contribution in [2.75, 3.05) is 33.9 Å². The highest BCUT2D eigenvalue weighted by molar-refractivity contribution is 5.93. The number of methoxy groups -OCH3 is 2. The summed E-state index contributed by atoms with van der Waals surface area (Å²) in [6, 6.07) is 5.35. The molecule has 0 unspecified atom stereocenters. The smallest absolute Gasteiger partial charge is 0.302 e. The fraction of sp³-hybridized carbons (Fsp3) is 0.409. The quantitative estimate of drug-likeness (QED) is 0.307. The van der Waals surface area contributed by atoms with E-state index in [0.717, 1.165) is 18.4 Å². The minimum atomic E-state index is -0.390. The van der Waals surface area contributed by atoms with Crippen LogP contribution in [-0.4, -0.2) is 51.7 Å². The molecule has 0 aliphatic heterocycles. The first kappa shape index (κ1) is 24.7. The van der Waals surface area contributed by atoms with E-state index in [9.17, 15) is 14.4 Å². The number of hydrogen-bond donors (Lipinski definition) is 2. The Morgan fingerprint density at radius 3 is 2.33 bits per heavy atom. The molecule has 164 valence electrons. The molecule has 1 aromatic rings. The molecule has 0 aliphatic rings. The van der Waals surface area contributed by atoms with Crippen molar-refractivity contribution in [1.82, 2.24) is 10.6 Å². The number of carbonyl (C=O) groups excluding carboxylic acids is 3. The van der Waals surface area contributed by atoms with Crippen molar-refractivity contribution in [2.45, 2.75) is 26.7 Å². The maximum Gasteiger partial charge on any atom is 0.302 e. The Hall–Kier alpha value is -3.29. The van der Waals surface area contributed by atoms with E-state index < -0.39 is 0 Å². The molecule has 0 atom stereocenters. The van der Waals surface area contributed by atoms with Gasteiger partial charge in [-0.3, -0.25) is 14.4 Å². The van der Waals surface area contributed by atoms with E-state index in [-0.39, 0.29) is 24.4 Å². The average Bonchev–Trinajstić information content (AvgIpc) is 2.73. The standard InChI is InChI=1S/C22H30N2O6/c1-16(11-14-30-17(2)25)22(27)24-13-6-5-12-23-21(26)10-7-18-15-19(28-3)8-9-20(18)29-4/h7-11,15H,5-6,12-14H2,1-4H3,(H,23,26)(H,24,27)/b10-7+,16-11+. The number of amides is 2. The van der Waals surface area contributed by atoms with Crippen molar-refractivity contribution in [3.05, 3.63) is 41.5 Å². The van der Waals surface area contributed by atoms with Gasteiger partial charge in [0.2, 0.25) is 11.8 Å². The third-order valence-electron chi connectivity index (χ3n) is 4.07. The number of rotatable bonds is 12. The van der Waals surface area contributed by atoms with Crippen LogP contribution in [0.15, 0.2) is 35.9 Å². The molecule has 1 aromatic carbocycles. The molecular formula is C22H30N2O6. The maximum atomic E-state index is 12.0. The molecule has 0 radical (unpaired) electrons. The second-order valence-electron chi connectivity index (χ2n) is 6.38. The van der Waals surface area contributed by atoms with Gasteiger partial charge < -0.3 is 24.8 Å². The van der Waals surface area contributed by atoms with E-state index >= 15 is 0 Å². The highest BCUT2D eigenvalue weighted by atomic mass is 16.5. The topological polar surface area (TPSA) is 103 Å². The van der Waals surface area contributed by atoms with Gasteiger partial charge in [-0.15, -0.1) is 0 Å². The number of esters is 1. The summed E-state index contributed by atoms with van der Waals surface area (Å²) >= 11 is 0. The maximum absolute atomic E-state index is 12.0. The van der Waals surface area contributed by atoms with Gasteiger partial charge in [-0.05, 0) is 50.1 Å². The van der Waals surface area contributed by atoms with Crippen molar-refractivity contribution in [2.24, 2.45) is 0 Å². The highest BCUT2D eigenvalue weighted by Crippen LogP contribution is 2.24. The predicted octanol–water partition coefficient (Wildman–Crippen LogP) is 2.24. The van der Waals surface area contributed by atoms with Crippen LogP contribution in [0.4, 0.5) is 0 Å². The Morgan fingerprint density at radius 2 is 1.70 bits per heavy atom. The van der Waals surface area contributed by atoms with Crippen molar-refractivity contribution in [3.8, 4) is 11.5 Å². The van der Waals surface area contributed by atoms with Crippen LogP contribution in [0.1, 0.15) is 32.3 Å². The molecule has 8 heteroatoms. The predicted molar refractivity (Wildman–Crippen MR) is 114 cm³/mol. The van der Waals surface area contributed by atoms with Gasteiger partial charge in [0.05, 0.1) is 14.2 Å². The first-order valence-corrected chi connectivity index (χ1v) is 9.63. The molecular weight excluding hydrogens is 388 g/mol. The Morgan fingerprint density at radius 1 is 1.00 bits per heavy atom. The van der Waals surface area contributed by atoms with Gasteiger partial charge in [-0.25, -0.2) is 0 Å². The second-order valence-corrected chi connectivity index (χ2v) is 6.38. The van der Waals surface area contributed by atoms with E-state index in [1.165, 1.54) is 13.0 Å². The molecule has 8 nitrogen and oxygen atoms in total. The van der Waals surface area contributed by atoms with Crippen molar-refractivity contribution in [3.63, 3.8) is 0 Å². The lowest BCUT2D eigenvalue weighted by Crippen LogP contribution is -2.27. The van der Waals surface area contributed by atoms with Crippen LogP contribution in [0.3, 0.4) is 0 Å². The zero-order valence-corrected chi connectivity index (χ0v) is 17.9. The minimum absolute atomic E-state index is 0.0791. The fourth-order valence-electron chi connectivity index (χ4n) is 2.37. The van der Waals surface area contributed by atoms with Gasteiger partial charge in [0.15, 0.2) is 0 Å². The van der Waals surface area contributed by atoms with Crippen LogP contribution in [-0.2, 0) is 19.1 Å². The van der Waals surface area contributed by atoms with Gasteiger partial charge >= 0.3 is 5.97 Å². The first-order chi connectivity index (χ1) is 14.4. The van der Waals surface area contributed by atoms with Gasteiger partial charge in [-0.1, -0.05) is 0 Å². The third-order valence-corrected chi connectivity index (χ3v) is 4.07. The van der Waals surface area contributed by atoms with Gasteiger partial charge in [0, 0.05) is 37.2 Å².